The van der Waals surface area contributed by atoms with Gasteiger partial charge in [-0.15, -0.1) is 0 Å². The maximum Gasteiger partial charge on any atom is 0.0681 e. The van der Waals surface area contributed by atoms with Crippen LogP contribution in [0.3, 0.4) is 0 Å². The molecule has 0 fully saturated rings. The summed E-state index contributed by atoms with van der Waals surface area (Å²) in [5, 5.41) is 3.21. The van der Waals surface area contributed by atoms with Gasteiger partial charge in [0.25, 0.3) is 0 Å². The third kappa shape index (κ3) is 1.17. The number of rotatable bonds is 0. The second-order valence-corrected chi connectivity index (χ2v) is 4.45. The van der Waals surface area contributed by atoms with Crippen LogP contribution in [0.4, 0.5) is 0 Å². The van der Waals surface area contributed by atoms with Crippen molar-refractivity contribution in [1.82, 2.24) is 9.97 Å². The first-order valence-corrected chi connectivity index (χ1v) is 5.58. The lowest BCUT2D eigenvalue weighted by molar-refractivity contribution is 1.22. The molecule has 0 aliphatic rings. The third-order valence-electron chi connectivity index (χ3n) is 3.07. The molecule has 1 N–H and O–H groups in total. The molecule has 0 unspecified atom stereocenters. The number of fused-ring (bicyclic) bond motifs is 3. The summed E-state index contributed by atoms with van der Waals surface area (Å²) in [5.41, 5.74) is 4.36. The van der Waals surface area contributed by atoms with Gasteiger partial charge in [0, 0.05) is 27.5 Å². The molecule has 0 radical (unpaired) electrons. The zero-order valence-corrected chi connectivity index (χ0v) is 9.89. The fourth-order valence-corrected chi connectivity index (χ4v) is 2.36. The number of H-pyrrole nitrogens is 1. The van der Waals surface area contributed by atoms with Crippen molar-refractivity contribution in [2.24, 2.45) is 0 Å². The number of aromatic nitrogens is 2. The summed E-state index contributed by atoms with van der Waals surface area (Å²) in [6, 6.07) is 5.98. The highest BCUT2D eigenvalue weighted by Crippen LogP contribution is 2.32. The van der Waals surface area contributed by atoms with E-state index in [9.17, 15) is 0 Å². The first-order chi connectivity index (χ1) is 7.68. The van der Waals surface area contributed by atoms with Gasteiger partial charge in [-0.3, -0.25) is 4.98 Å². The molecule has 0 saturated carbocycles. The van der Waals surface area contributed by atoms with Gasteiger partial charge in [-0.25, -0.2) is 0 Å². The Morgan fingerprint density at radius 1 is 1.19 bits per heavy atom. The van der Waals surface area contributed by atoms with E-state index in [1.807, 2.05) is 38.2 Å². The summed E-state index contributed by atoms with van der Waals surface area (Å²) in [4.78, 5) is 7.68. The normalized spacial score (nSPS) is 11.4. The number of aromatic amines is 1. The number of hydrogen-bond acceptors (Lipinski definition) is 1. The van der Waals surface area contributed by atoms with Gasteiger partial charge in [-0.1, -0.05) is 11.6 Å². The minimum atomic E-state index is 0.808. The molecule has 80 valence electrons. The van der Waals surface area contributed by atoms with Crippen molar-refractivity contribution in [3.8, 4) is 0 Å². The van der Waals surface area contributed by atoms with Gasteiger partial charge in [-0.2, -0.15) is 0 Å². The molecule has 2 heterocycles. The maximum atomic E-state index is 6.16. The fourth-order valence-electron chi connectivity index (χ4n) is 2.20. The number of pyridine rings is 1. The van der Waals surface area contributed by atoms with Crippen molar-refractivity contribution in [2.75, 3.05) is 0 Å². The van der Waals surface area contributed by atoms with Gasteiger partial charge < -0.3 is 4.98 Å². The first-order valence-electron chi connectivity index (χ1n) is 5.20. The molecule has 0 spiro atoms. The SMILES string of the molecule is Cc1nccc2c1[nH]c1ccc(Cl)c(C)c12. The smallest absolute Gasteiger partial charge is 0.0681 e. The lowest BCUT2D eigenvalue weighted by Crippen LogP contribution is -1.80. The number of hydrogen-bond donors (Lipinski definition) is 1. The van der Waals surface area contributed by atoms with E-state index in [1.54, 1.807) is 0 Å². The Bertz CT molecular complexity index is 698. The highest BCUT2D eigenvalue weighted by Gasteiger charge is 2.10. The molecule has 0 aliphatic carbocycles. The molecule has 0 bridgehead atoms. The fraction of sp³-hybridized carbons (Fsp3) is 0.154. The molecule has 3 rings (SSSR count). The molecule has 1 aromatic carbocycles. The van der Waals surface area contributed by atoms with Gasteiger partial charge in [0.1, 0.15) is 0 Å². The van der Waals surface area contributed by atoms with E-state index in [1.165, 1.54) is 10.8 Å². The molecule has 2 nitrogen and oxygen atoms in total. The van der Waals surface area contributed by atoms with Crippen molar-refractivity contribution in [3.63, 3.8) is 0 Å². The zero-order chi connectivity index (χ0) is 11.3. The Hall–Kier alpha value is -1.54. The molecular formula is C13H11ClN2. The summed E-state index contributed by atoms with van der Waals surface area (Å²) < 4.78 is 0. The topological polar surface area (TPSA) is 28.7 Å². The average molecular weight is 231 g/mol. The van der Waals surface area contributed by atoms with Gasteiger partial charge >= 0.3 is 0 Å². The minimum Gasteiger partial charge on any atom is -0.353 e. The Morgan fingerprint density at radius 3 is 2.81 bits per heavy atom. The van der Waals surface area contributed by atoms with Gasteiger partial charge in [-0.05, 0) is 37.6 Å². The van der Waals surface area contributed by atoms with Gasteiger partial charge in [0.05, 0.1) is 11.2 Å². The van der Waals surface area contributed by atoms with E-state index in [0.717, 1.165) is 27.3 Å². The van der Waals surface area contributed by atoms with E-state index in [-0.39, 0.29) is 0 Å². The first kappa shape index (κ1) is 9.67. The second kappa shape index (κ2) is 3.22. The van der Waals surface area contributed by atoms with Crippen LogP contribution in [0.15, 0.2) is 24.4 Å². The van der Waals surface area contributed by atoms with Crippen molar-refractivity contribution in [3.05, 3.63) is 40.7 Å². The predicted molar refractivity (Wildman–Crippen MR) is 68.1 cm³/mol. The molecule has 3 heteroatoms. The maximum absolute atomic E-state index is 6.16. The van der Waals surface area contributed by atoms with Crippen LogP contribution in [0.2, 0.25) is 5.02 Å². The lowest BCUT2D eigenvalue weighted by Gasteiger charge is -1.99. The molecule has 3 aromatic rings. The Labute approximate surface area is 98.3 Å². The van der Waals surface area contributed by atoms with E-state index in [4.69, 9.17) is 11.6 Å². The van der Waals surface area contributed by atoms with Crippen molar-refractivity contribution >= 4 is 33.4 Å². The number of benzene rings is 1. The van der Waals surface area contributed by atoms with Crippen LogP contribution in [0.1, 0.15) is 11.3 Å². The minimum absolute atomic E-state index is 0.808. The molecule has 0 atom stereocenters. The van der Waals surface area contributed by atoms with Crippen LogP contribution in [-0.4, -0.2) is 9.97 Å². The molecule has 0 aliphatic heterocycles. The molecule has 0 saturated heterocycles. The van der Waals surface area contributed by atoms with Crippen LogP contribution in [0.25, 0.3) is 21.8 Å². The van der Waals surface area contributed by atoms with Crippen molar-refractivity contribution in [1.29, 1.82) is 0 Å². The summed E-state index contributed by atoms with van der Waals surface area (Å²) in [5.74, 6) is 0. The Morgan fingerprint density at radius 2 is 2.00 bits per heavy atom. The highest BCUT2D eigenvalue weighted by molar-refractivity contribution is 6.33. The van der Waals surface area contributed by atoms with Crippen LogP contribution in [-0.2, 0) is 0 Å². The number of nitrogens with zero attached hydrogens (tertiary/aromatic N) is 1. The van der Waals surface area contributed by atoms with Crippen LogP contribution < -0.4 is 0 Å². The summed E-state index contributed by atoms with van der Waals surface area (Å²) in [6.07, 6.45) is 1.84. The highest BCUT2D eigenvalue weighted by atomic mass is 35.5. The molecule has 2 aromatic heterocycles. The van der Waals surface area contributed by atoms with E-state index < -0.39 is 0 Å². The summed E-state index contributed by atoms with van der Waals surface area (Å²) >= 11 is 6.16. The zero-order valence-electron chi connectivity index (χ0n) is 9.13. The summed E-state index contributed by atoms with van der Waals surface area (Å²) in [6.45, 7) is 4.06. The number of aryl methyl sites for hydroxylation is 2. The quantitative estimate of drug-likeness (QED) is 0.622. The summed E-state index contributed by atoms with van der Waals surface area (Å²) in [7, 11) is 0. The molecule has 16 heavy (non-hydrogen) atoms. The molecular weight excluding hydrogens is 220 g/mol. The standard InChI is InChI=1S/C13H11ClN2/c1-7-10(14)3-4-11-12(7)9-5-6-15-8(2)13(9)16-11/h3-6,16H,1-2H3. The van der Waals surface area contributed by atoms with Gasteiger partial charge in [0.2, 0.25) is 0 Å². The van der Waals surface area contributed by atoms with Crippen LogP contribution in [0.5, 0.6) is 0 Å². The van der Waals surface area contributed by atoms with E-state index in [0.29, 0.717) is 0 Å². The number of halogens is 1. The Kier molecular flexibility index (Phi) is 1.95. The van der Waals surface area contributed by atoms with Crippen molar-refractivity contribution in [2.45, 2.75) is 13.8 Å². The van der Waals surface area contributed by atoms with E-state index >= 15 is 0 Å². The predicted octanol–water partition coefficient (Wildman–Crippen LogP) is 3.99. The van der Waals surface area contributed by atoms with E-state index in [2.05, 4.69) is 9.97 Å². The lowest BCUT2D eigenvalue weighted by atomic mass is 10.1. The molecule has 0 amide bonds. The van der Waals surface area contributed by atoms with Crippen molar-refractivity contribution < 1.29 is 0 Å². The largest absolute Gasteiger partial charge is 0.353 e. The van der Waals surface area contributed by atoms with Gasteiger partial charge in [0.15, 0.2) is 0 Å². The monoisotopic (exact) mass is 230 g/mol. The number of nitrogens with one attached hydrogen (secondary N) is 1. The van der Waals surface area contributed by atoms with Crippen LogP contribution >= 0.6 is 11.6 Å². The average Bonchev–Trinajstić information content (AvgIpc) is 2.64. The van der Waals surface area contributed by atoms with Crippen LogP contribution in [0, 0.1) is 13.8 Å². The third-order valence-corrected chi connectivity index (χ3v) is 3.48. The Balaban J connectivity index is 2.63. The second-order valence-electron chi connectivity index (χ2n) is 4.04.